The number of aromatic hydroxyl groups is 1. The van der Waals surface area contributed by atoms with Gasteiger partial charge in [-0.25, -0.2) is 9.79 Å². The maximum atomic E-state index is 14.1. The highest BCUT2D eigenvalue weighted by Gasteiger charge is 2.34. The lowest BCUT2D eigenvalue weighted by Gasteiger charge is -2.25. The van der Waals surface area contributed by atoms with E-state index in [1.165, 1.54) is 29.1 Å². The first-order chi connectivity index (χ1) is 23.0. The number of hydrogen-bond acceptors (Lipinski definition) is 10. The van der Waals surface area contributed by atoms with Crippen LogP contribution in [0.4, 0.5) is 5.69 Å². The average Bonchev–Trinajstić information content (AvgIpc) is 3.35. The minimum atomic E-state index is -0.877. The number of amides is 1. The van der Waals surface area contributed by atoms with Crippen molar-refractivity contribution in [3.8, 4) is 23.0 Å². The monoisotopic (exact) mass is 783 g/mol. The lowest BCUT2D eigenvalue weighted by Crippen LogP contribution is -2.39. The van der Waals surface area contributed by atoms with Crippen LogP contribution in [-0.4, -0.2) is 48.5 Å². The SMILES string of the molecule is CCOC(=O)C1=C(C)N=c2sc(=Cc3cc(I)c(OCC(=O)Nc4ccc(C)cc4)c(OCC)c3)c(=O)n2C1c1ccc(O)c(OC)c1. The number of rotatable bonds is 11. The van der Waals surface area contributed by atoms with E-state index in [1.807, 2.05) is 44.2 Å². The number of allylic oxidation sites excluding steroid dienone is 1. The molecule has 1 aromatic heterocycles. The molecule has 11 nitrogen and oxygen atoms in total. The highest BCUT2D eigenvalue weighted by Crippen LogP contribution is 2.36. The molecule has 2 N–H and O–H groups in total. The predicted octanol–water partition coefficient (Wildman–Crippen LogP) is 4.84. The Kier molecular flexibility index (Phi) is 10.9. The first-order valence-corrected chi connectivity index (χ1v) is 17.0. The maximum Gasteiger partial charge on any atom is 0.338 e. The van der Waals surface area contributed by atoms with Crippen LogP contribution in [0.2, 0.25) is 0 Å². The number of nitrogens with zero attached hydrogens (tertiary/aromatic N) is 2. The lowest BCUT2D eigenvalue weighted by molar-refractivity contribution is -0.139. The summed E-state index contributed by atoms with van der Waals surface area (Å²) in [5.74, 6) is 0.0309. The first kappa shape index (κ1) is 34.7. The van der Waals surface area contributed by atoms with Crippen LogP contribution < -0.4 is 34.4 Å². The number of aromatic nitrogens is 1. The number of thiazole rings is 1. The molecule has 1 amide bonds. The van der Waals surface area contributed by atoms with Crippen LogP contribution >= 0.6 is 33.9 Å². The van der Waals surface area contributed by atoms with Crippen molar-refractivity contribution in [1.29, 1.82) is 0 Å². The van der Waals surface area contributed by atoms with E-state index >= 15 is 0 Å². The molecule has 0 fully saturated rings. The average molecular weight is 784 g/mol. The van der Waals surface area contributed by atoms with Gasteiger partial charge in [-0.3, -0.25) is 14.2 Å². The zero-order valence-corrected chi connectivity index (χ0v) is 29.9. The zero-order valence-electron chi connectivity index (χ0n) is 27.0. The van der Waals surface area contributed by atoms with E-state index in [9.17, 15) is 19.5 Å². The normalized spacial score (nSPS) is 14.2. The van der Waals surface area contributed by atoms with Gasteiger partial charge >= 0.3 is 5.97 Å². The fourth-order valence-corrected chi connectivity index (χ4v) is 7.00. The molecule has 5 rings (SSSR count). The highest BCUT2D eigenvalue weighted by molar-refractivity contribution is 14.1. The van der Waals surface area contributed by atoms with Gasteiger partial charge in [0.05, 0.1) is 45.7 Å². The van der Waals surface area contributed by atoms with Crippen LogP contribution in [0.15, 0.2) is 75.7 Å². The quantitative estimate of drug-likeness (QED) is 0.163. The van der Waals surface area contributed by atoms with Gasteiger partial charge in [0, 0.05) is 5.69 Å². The van der Waals surface area contributed by atoms with Crippen molar-refractivity contribution in [3.05, 3.63) is 106 Å². The summed E-state index contributed by atoms with van der Waals surface area (Å²) in [6, 6.07) is 14.8. The molecule has 1 aliphatic heterocycles. The smallest absolute Gasteiger partial charge is 0.338 e. The Balaban J connectivity index is 1.52. The van der Waals surface area contributed by atoms with Crippen LogP contribution in [0.3, 0.4) is 0 Å². The van der Waals surface area contributed by atoms with E-state index in [4.69, 9.17) is 18.9 Å². The molecule has 13 heteroatoms. The van der Waals surface area contributed by atoms with Gasteiger partial charge in [-0.1, -0.05) is 35.1 Å². The number of esters is 1. The predicted molar refractivity (Wildman–Crippen MR) is 191 cm³/mol. The second-order valence-electron chi connectivity index (χ2n) is 10.7. The second kappa shape index (κ2) is 15.1. The molecular formula is C35H34IN3O8S. The third kappa shape index (κ3) is 7.41. The number of fused-ring (bicyclic) bond motifs is 1. The molecule has 0 radical (unpaired) electrons. The standard InChI is InChI=1S/C35H34IN3O8S/c1-6-45-27-15-21(14-24(36)32(27)47-18-29(41)38-23-11-8-19(3)9-12-23)16-28-33(42)39-31(22-10-13-25(40)26(17-22)44-5)30(34(43)46-7-2)20(4)37-35(39)48-28/h8-17,31,40H,6-7,18H2,1-5H3,(H,38,41). The molecule has 48 heavy (non-hydrogen) atoms. The second-order valence-corrected chi connectivity index (χ2v) is 12.9. The van der Waals surface area contributed by atoms with E-state index < -0.39 is 12.0 Å². The van der Waals surface area contributed by atoms with Gasteiger partial charge in [-0.2, -0.15) is 0 Å². The number of benzene rings is 3. The minimum Gasteiger partial charge on any atom is -0.504 e. The Bertz CT molecular complexity index is 2090. The van der Waals surface area contributed by atoms with E-state index in [1.54, 1.807) is 38.1 Å². The molecule has 250 valence electrons. The van der Waals surface area contributed by atoms with E-state index in [0.29, 0.717) is 53.5 Å². The molecule has 3 aromatic carbocycles. The number of methoxy groups -OCH3 is 1. The lowest BCUT2D eigenvalue weighted by atomic mass is 9.95. The van der Waals surface area contributed by atoms with Crippen LogP contribution in [0.1, 0.15) is 43.5 Å². The van der Waals surface area contributed by atoms with Crippen LogP contribution in [-0.2, 0) is 14.3 Å². The number of carbonyl (C=O) groups is 2. The van der Waals surface area contributed by atoms with Crippen LogP contribution in [0, 0.1) is 10.5 Å². The molecule has 1 unspecified atom stereocenters. The summed E-state index contributed by atoms with van der Waals surface area (Å²) in [6.45, 7) is 7.47. The van der Waals surface area contributed by atoms with E-state index in [2.05, 4.69) is 32.9 Å². The number of halogens is 1. The van der Waals surface area contributed by atoms with Crippen molar-refractivity contribution in [3.63, 3.8) is 0 Å². The summed E-state index contributed by atoms with van der Waals surface area (Å²) >= 11 is 3.29. The van der Waals surface area contributed by atoms with Crippen molar-refractivity contribution in [1.82, 2.24) is 4.57 Å². The van der Waals surface area contributed by atoms with Crippen molar-refractivity contribution < 1.29 is 33.6 Å². The Morgan fingerprint density at radius 2 is 1.79 bits per heavy atom. The van der Waals surface area contributed by atoms with Crippen LogP contribution in [0.5, 0.6) is 23.0 Å². The number of anilines is 1. The molecule has 1 atom stereocenters. The van der Waals surface area contributed by atoms with E-state index in [-0.39, 0.29) is 41.8 Å². The minimum absolute atomic E-state index is 0.0777. The number of phenolic OH excluding ortho intramolecular Hbond substituents is 1. The molecule has 1 aliphatic rings. The summed E-state index contributed by atoms with van der Waals surface area (Å²) in [6.07, 6.45) is 1.72. The summed E-state index contributed by atoms with van der Waals surface area (Å²) < 4.78 is 25.0. The van der Waals surface area contributed by atoms with Gasteiger partial charge in [0.1, 0.15) is 0 Å². The van der Waals surface area contributed by atoms with Crippen LogP contribution in [0.25, 0.3) is 6.08 Å². The number of aryl methyl sites for hydroxylation is 1. The molecule has 0 bridgehead atoms. The van der Waals surface area contributed by atoms with Crippen molar-refractivity contribution in [2.24, 2.45) is 4.99 Å². The maximum absolute atomic E-state index is 14.1. The largest absolute Gasteiger partial charge is 0.504 e. The topological polar surface area (TPSA) is 138 Å². The molecule has 2 heterocycles. The van der Waals surface area contributed by atoms with Gasteiger partial charge in [-0.05, 0) is 104 Å². The number of phenols is 1. The number of carbonyl (C=O) groups excluding carboxylic acids is 2. The van der Waals surface area contributed by atoms with E-state index in [0.717, 1.165) is 5.56 Å². The number of ether oxygens (including phenoxy) is 4. The molecular weight excluding hydrogens is 749 g/mol. The van der Waals surface area contributed by atoms with Crippen molar-refractivity contribution in [2.45, 2.75) is 33.7 Å². The summed E-state index contributed by atoms with van der Waals surface area (Å²) in [5, 5.41) is 13.1. The third-order valence-electron chi connectivity index (χ3n) is 7.35. The van der Waals surface area contributed by atoms with Gasteiger partial charge in [-0.15, -0.1) is 0 Å². The summed E-state index contributed by atoms with van der Waals surface area (Å²) in [7, 11) is 1.42. The first-order valence-electron chi connectivity index (χ1n) is 15.1. The molecule has 0 saturated heterocycles. The summed E-state index contributed by atoms with van der Waals surface area (Å²) in [4.78, 5) is 44.9. The fraction of sp³-hybridized carbons (Fsp3) is 0.257. The van der Waals surface area contributed by atoms with Gasteiger partial charge in [0.2, 0.25) is 0 Å². The Morgan fingerprint density at radius 3 is 2.48 bits per heavy atom. The molecule has 0 saturated carbocycles. The number of hydrogen-bond donors (Lipinski definition) is 2. The zero-order chi connectivity index (χ0) is 34.5. The Labute approximate surface area is 294 Å². The highest BCUT2D eigenvalue weighted by atomic mass is 127. The van der Waals surface area contributed by atoms with Crippen molar-refractivity contribution in [2.75, 3.05) is 32.2 Å². The van der Waals surface area contributed by atoms with Crippen molar-refractivity contribution >= 4 is 57.6 Å². The molecule has 4 aromatic rings. The third-order valence-corrected chi connectivity index (χ3v) is 9.13. The summed E-state index contributed by atoms with van der Waals surface area (Å²) in [5.41, 5.74) is 3.21. The molecule has 0 aliphatic carbocycles. The molecule has 0 spiro atoms. The van der Waals surface area contributed by atoms with Gasteiger partial charge in [0.15, 0.2) is 34.4 Å². The van der Waals surface area contributed by atoms with Gasteiger partial charge in [0.25, 0.3) is 11.5 Å². The number of nitrogens with one attached hydrogen (secondary N) is 1. The fourth-order valence-electron chi connectivity index (χ4n) is 5.17. The Hall–Kier alpha value is -4.63. The Morgan fingerprint density at radius 1 is 1.04 bits per heavy atom. The van der Waals surface area contributed by atoms with Gasteiger partial charge < -0.3 is 29.4 Å².